The lowest BCUT2D eigenvalue weighted by Crippen LogP contribution is -2.35. The second kappa shape index (κ2) is 6.14. The van der Waals surface area contributed by atoms with Crippen molar-refractivity contribution in [3.05, 3.63) is 60.1 Å². The van der Waals surface area contributed by atoms with Crippen molar-refractivity contribution in [1.82, 2.24) is 5.32 Å². The number of hydrogen-bond donors (Lipinski definition) is 2. The molecule has 1 fully saturated rings. The van der Waals surface area contributed by atoms with Crippen LogP contribution in [0.4, 0.5) is 0 Å². The molecule has 4 nitrogen and oxygen atoms in total. The van der Waals surface area contributed by atoms with Crippen molar-refractivity contribution in [2.75, 3.05) is 6.61 Å². The summed E-state index contributed by atoms with van der Waals surface area (Å²) >= 11 is 0. The van der Waals surface area contributed by atoms with E-state index in [-0.39, 0.29) is 18.4 Å². The fourth-order valence-corrected chi connectivity index (χ4v) is 2.69. The van der Waals surface area contributed by atoms with Crippen LogP contribution in [0.5, 0.6) is 0 Å². The van der Waals surface area contributed by atoms with E-state index in [0.29, 0.717) is 11.7 Å². The zero-order valence-corrected chi connectivity index (χ0v) is 11.7. The number of carbonyl (C=O) groups is 1. The summed E-state index contributed by atoms with van der Waals surface area (Å²) in [5.74, 6) is 0.797. The Bertz CT molecular complexity index is 575. The molecule has 0 bridgehead atoms. The molecule has 0 spiro atoms. The Labute approximate surface area is 123 Å². The van der Waals surface area contributed by atoms with Crippen molar-refractivity contribution >= 4 is 5.91 Å². The van der Waals surface area contributed by atoms with E-state index >= 15 is 0 Å². The molecule has 1 aromatic carbocycles. The lowest BCUT2D eigenvalue weighted by atomic mass is 9.93. The Balaban J connectivity index is 1.76. The standard InChI is InChI=1S/C17H19NO3/c19-11-14(15-7-4-10-21-15)18-17(20)16(13-8-9-13)12-5-2-1-3-6-12/h1-7,10,13-14,16,19H,8-9,11H2,(H,18,20). The lowest BCUT2D eigenvalue weighted by molar-refractivity contribution is -0.124. The number of nitrogens with one attached hydrogen (secondary N) is 1. The summed E-state index contributed by atoms with van der Waals surface area (Å²) in [6.07, 6.45) is 3.70. The molecule has 110 valence electrons. The zero-order valence-electron chi connectivity index (χ0n) is 11.7. The van der Waals surface area contributed by atoms with E-state index in [4.69, 9.17) is 4.42 Å². The van der Waals surface area contributed by atoms with Crippen molar-refractivity contribution in [2.24, 2.45) is 5.92 Å². The molecule has 21 heavy (non-hydrogen) atoms. The number of furan rings is 1. The van der Waals surface area contributed by atoms with Gasteiger partial charge in [0.05, 0.1) is 18.8 Å². The third-order valence-electron chi connectivity index (χ3n) is 3.92. The van der Waals surface area contributed by atoms with Gasteiger partial charge < -0.3 is 14.8 Å². The van der Waals surface area contributed by atoms with Gasteiger partial charge in [-0.1, -0.05) is 30.3 Å². The van der Waals surface area contributed by atoms with E-state index in [9.17, 15) is 9.90 Å². The Morgan fingerprint density at radius 3 is 2.57 bits per heavy atom. The molecular formula is C17H19NO3. The van der Waals surface area contributed by atoms with Crippen molar-refractivity contribution in [1.29, 1.82) is 0 Å². The first-order valence-electron chi connectivity index (χ1n) is 7.29. The highest BCUT2D eigenvalue weighted by molar-refractivity contribution is 5.84. The first kappa shape index (κ1) is 13.9. The first-order chi connectivity index (χ1) is 10.3. The second-order valence-corrected chi connectivity index (χ2v) is 5.48. The van der Waals surface area contributed by atoms with Crippen molar-refractivity contribution < 1.29 is 14.3 Å². The van der Waals surface area contributed by atoms with Gasteiger partial charge in [-0.2, -0.15) is 0 Å². The molecule has 1 heterocycles. The van der Waals surface area contributed by atoms with Crippen LogP contribution in [-0.4, -0.2) is 17.6 Å². The number of aliphatic hydroxyl groups excluding tert-OH is 1. The zero-order chi connectivity index (χ0) is 14.7. The quantitative estimate of drug-likeness (QED) is 0.857. The fraction of sp³-hybridized carbons (Fsp3) is 0.353. The molecule has 2 unspecified atom stereocenters. The third-order valence-corrected chi connectivity index (χ3v) is 3.92. The Kier molecular flexibility index (Phi) is 4.06. The molecular weight excluding hydrogens is 266 g/mol. The van der Waals surface area contributed by atoms with Gasteiger partial charge in [-0.05, 0) is 36.5 Å². The van der Waals surface area contributed by atoms with E-state index in [2.05, 4.69) is 5.32 Å². The fourth-order valence-electron chi connectivity index (χ4n) is 2.69. The van der Waals surface area contributed by atoms with Crippen molar-refractivity contribution in [3.8, 4) is 0 Å². The van der Waals surface area contributed by atoms with Crippen LogP contribution in [0.25, 0.3) is 0 Å². The summed E-state index contributed by atoms with van der Waals surface area (Å²) in [6.45, 7) is -0.175. The van der Waals surface area contributed by atoms with E-state index in [1.54, 1.807) is 18.4 Å². The summed E-state index contributed by atoms with van der Waals surface area (Å²) in [5, 5.41) is 12.4. The predicted molar refractivity (Wildman–Crippen MR) is 78.6 cm³/mol. The van der Waals surface area contributed by atoms with Crippen molar-refractivity contribution in [2.45, 2.75) is 24.8 Å². The number of carbonyl (C=O) groups excluding carboxylic acids is 1. The highest BCUT2D eigenvalue weighted by Gasteiger charge is 2.38. The molecule has 1 aromatic heterocycles. The van der Waals surface area contributed by atoms with Gasteiger partial charge in [0, 0.05) is 0 Å². The maximum atomic E-state index is 12.6. The monoisotopic (exact) mass is 285 g/mol. The summed E-state index contributed by atoms with van der Waals surface area (Å²) in [4.78, 5) is 12.6. The summed E-state index contributed by atoms with van der Waals surface area (Å²) in [7, 11) is 0. The summed E-state index contributed by atoms with van der Waals surface area (Å²) in [5.41, 5.74) is 1.04. The summed E-state index contributed by atoms with van der Waals surface area (Å²) in [6, 6.07) is 12.9. The molecule has 2 atom stereocenters. The molecule has 1 saturated carbocycles. The van der Waals surface area contributed by atoms with Gasteiger partial charge in [0.25, 0.3) is 0 Å². The molecule has 4 heteroatoms. The molecule has 2 N–H and O–H groups in total. The van der Waals surface area contributed by atoms with E-state index < -0.39 is 6.04 Å². The molecule has 0 aliphatic heterocycles. The second-order valence-electron chi connectivity index (χ2n) is 5.48. The maximum absolute atomic E-state index is 12.6. The van der Waals surface area contributed by atoms with Gasteiger partial charge in [0.2, 0.25) is 5.91 Å². The van der Waals surface area contributed by atoms with Crippen LogP contribution in [0.2, 0.25) is 0 Å². The first-order valence-corrected chi connectivity index (χ1v) is 7.29. The Morgan fingerprint density at radius 1 is 1.24 bits per heavy atom. The highest BCUT2D eigenvalue weighted by atomic mass is 16.3. The number of benzene rings is 1. The highest BCUT2D eigenvalue weighted by Crippen LogP contribution is 2.43. The van der Waals surface area contributed by atoms with E-state index in [1.165, 1.54) is 0 Å². The average molecular weight is 285 g/mol. The smallest absolute Gasteiger partial charge is 0.228 e. The Hall–Kier alpha value is -2.07. The average Bonchev–Trinajstić information content (AvgIpc) is 3.18. The minimum absolute atomic E-state index is 0.0425. The van der Waals surface area contributed by atoms with Crippen LogP contribution in [0, 0.1) is 5.92 Å². The number of aliphatic hydroxyl groups is 1. The number of amides is 1. The van der Waals surface area contributed by atoms with Crippen molar-refractivity contribution in [3.63, 3.8) is 0 Å². The van der Waals surface area contributed by atoms with Crippen LogP contribution in [-0.2, 0) is 4.79 Å². The Morgan fingerprint density at radius 2 is 2.00 bits per heavy atom. The predicted octanol–water partition coefficient (Wildman–Crippen LogP) is 2.62. The topological polar surface area (TPSA) is 62.5 Å². The molecule has 1 amide bonds. The van der Waals surface area contributed by atoms with Gasteiger partial charge in [0.1, 0.15) is 11.8 Å². The molecule has 1 aliphatic carbocycles. The van der Waals surface area contributed by atoms with Gasteiger partial charge >= 0.3 is 0 Å². The van der Waals surface area contributed by atoms with Gasteiger partial charge in [0.15, 0.2) is 0 Å². The number of rotatable bonds is 6. The number of hydrogen-bond acceptors (Lipinski definition) is 3. The SMILES string of the molecule is O=C(NC(CO)c1ccco1)C(c1ccccc1)C1CC1. The lowest BCUT2D eigenvalue weighted by Gasteiger charge is -2.20. The minimum atomic E-state index is -0.488. The van der Waals surface area contributed by atoms with Crippen LogP contribution in [0.15, 0.2) is 53.1 Å². The molecule has 2 aromatic rings. The van der Waals surface area contributed by atoms with Gasteiger partial charge in [-0.3, -0.25) is 4.79 Å². The largest absolute Gasteiger partial charge is 0.467 e. The molecule has 1 aliphatic rings. The van der Waals surface area contributed by atoms with E-state index in [1.807, 2.05) is 30.3 Å². The van der Waals surface area contributed by atoms with Gasteiger partial charge in [-0.25, -0.2) is 0 Å². The third kappa shape index (κ3) is 3.16. The van der Waals surface area contributed by atoms with Crippen LogP contribution < -0.4 is 5.32 Å². The molecule has 3 rings (SSSR count). The van der Waals surface area contributed by atoms with Gasteiger partial charge in [-0.15, -0.1) is 0 Å². The summed E-state index contributed by atoms with van der Waals surface area (Å²) < 4.78 is 5.27. The van der Waals surface area contributed by atoms with E-state index in [0.717, 1.165) is 18.4 Å². The molecule has 0 radical (unpaired) electrons. The molecule has 0 saturated heterocycles. The van der Waals surface area contributed by atoms with Crippen LogP contribution in [0.3, 0.4) is 0 Å². The normalized spacial score (nSPS) is 17.2. The maximum Gasteiger partial charge on any atom is 0.228 e. The van der Waals surface area contributed by atoms with Crippen LogP contribution >= 0.6 is 0 Å². The minimum Gasteiger partial charge on any atom is -0.467 e. The van der Waals surface area contributed by atoms with Crippen LogP contribution in [0.1, 0.15) is 36.1 Å².